The highest BCUT2D eigenvalue weighted by Gasteiger charge is 2.21. The lowest BCUT2D eigenvalue weighted by molar-refractivity contribution is -0.160. The van der Waals surface area contributed by atoms with Crippen LogP contribution in [-0.2, 0) is 19.1 Å². The third kappa shape index (κ3) is 19.6. The molecule has 0 saturated heterocycles. The standard InChI is InChI=1S/C27H53NO4/c1-6-8-10-11-12-13-14-15-17-20-25(19-16-9-7-2)27(30)31-23-24(3)32-26(29)21-18-22-28(4)5/h24-25H,6-23H2,1-5H3. The number of rotatable bonds is 22. The molecule has 0 rings (SSSR count). The van der Waals surface area contributed by atoms with E-state index < -0.39 is 6.10 Å². The van der Waals surface area contributed by atoms with Crippen molar-refractivity contribution in [3.63, 3.8) is 0 Å². The maximum atomic E-state index is 12.7. The molecule has 0 bridgehead atoms. The molecule has 0 aliphatic rings. The van der Waals surface area contributed by atoms with Gasteiger partial charge in [-0.25, -0.2) is 0 Å². The smallest absolute Gasteiger partial charge is 0.309 e. The van der Waals surface area contributed by atoms with E-state index in [1.165, 1.54) is 51.4 Å². The molecular formula is C27H53NO4. The molecule has 0 N–H and O–H groups in total. The molecule has 2 atom stereocenters. The summed E-state index contributed by atoms with van der Waals surface area (Å²) in [5.41, 5.74) is 0. The summed E-state index contributed by atoms with van der Waals surface area (Å²) in [5, 5.41) is 0. The van der Waals surface area contributed by atoms with E-state index in [9.17, 15) is 9.59 Å². The van der Waals surface area contributed by atoms with Crippen molar-refractivity contribution in [3.05, 3.63) is 0 Å². The van der Waals surface area contributed by atoms with Crippen LogP contribution in [0.25, 0.3) is 0 Å². The van der Waals surface area contributed by atoms with Crippen LogP contribution in [0.1, 0.15) is 124 Å². The zero-order chi connectivity index (χ0) is 24.0. The molecule has 0 aromatic rings. The molecule has 5 heteroatoms. The Balaban J connectivity index is 4.15. The van der Waals surface area contributed by atoms with E-state index in [1.807, 2.05) is 19.0 Å². The van der Waals surface area contributed by atoms with Crippen LogP contribution in [-0.4, -0.2) is 50.2 Å². The Hall–Kier alpha value is -1.10. The van der Waals surface area contributed by atoms with Gasteiger partial charge >= 0.3 is 11.9 Å². The van der Waals surface area contributed by atoms with Gasteiger partial charge in [-0.3, -0.25) is 9.59 Å². The first-order valence-electron chi connectivity index (χ1n) is 13.4. The number of ether oxygens (including phenoxy) is 2. The monoisotopic (exact) mass is 455 g/mol. The van der Waals surface area contributed by atoms with Crippen LogP contribution in [0, 0.1) is 5.92 Å². The fourth-order valence-electron chi connectivity index (χ4n) is 3.90. The second-order valence-corrected chi connectivity index (χ2v) is 9.65. The highest BCUT2D eigenvalue weighted by atomic mass is 16.6. The van der Waals surface area contributed by atoms with E-state index in [-0.39, 0.29) is 24.5 Å². The molecule has 5 nitrogen and oxygen atoms in total. The summed E-state index contributed by atoms with van der Waals surface area (Å²) in [6, 6.07) is 0. The van der Waals surface area contributed by atoms with E-state index in [1.54, 1.807) is 6.92 Å². The van der Waals surface area contributed by atoms with E-state index in [0.717, 1.165) is 51.5 Å². The first-order valence-corrected chi connectivity index (χ1v) is 13.4. The fraction of sp³-hybridized carbons (Fsp3) is 0.926. The first-order chi connectivity index (χ1) is 15.4. The molecule has 0 fully saturated rings. The summed E-state index contributed by atoms with van der Waals surface area (Å²) in [7, 11) is 3.97. The normalized spacial score (nSPS) is 13.2. The Labute approximate surface area is 199 Å². The van der Waals surface area contributed by atoms with E-state index >= 15 is 0 Å². The van der Waals surface area contributed by atoms with Gasteiger partial charge in [-0.2, -0.15) is 0 Å². The van der Waals surface area contributed by atoms with Crippen LogP contribution < -0.4 is 0 Å². The van der Waals surface area contributed by atoms with Crippen molar-refractivity contribution >= 4 is 11.9 Å². The predicted octanol–water partition coefficient (Wildman–Crippen LogP) is 6.92. The minimum Gasteiger partial charge on any atom is -0.462 e. The zero-order valence-electron chi connectivity index (χ0n) is 22.0. The van der Waals surface area contributed by atoms with E-state index in [0.29, 0.717) is 6.42 Å². The van der Waals surface area contributed by atoms with Gasteiger partial charge in [0.2, 0.25) is 0 Å². The van der Waals surface area contributed by atoms with Crippen molar-refractivity contribution in [2.24, 2.45) is 5.92 Å². The van der Waals surface area contributed by atoms with Crippen molar-refractivity contribution in [2.45, 2.75) is 130 Å². The van der Waals surface area contributed by atoms with E-state index in [2.05, 4.69) is 13.8 Å². The van der Waals surface area contributed by atoms with Crippen molar-refractivity contribution < 1.29 is 19.1 Å². The van der Waals surface area contributed by atoms with Crippen LogP contribution >= 0.6 is 0 Å². The van der Waals surface area contributed by atoms with Crippen LogP contribution in [0.3, 0.4) is 0 Å². The summed E-state index contributed by atoms with van der Waals surface area (Å²) in [6.07, 6.45) is 17.6. The zero-order valence-corrected chi connectivity index (χ0v) is 22.0. The largest absolute Gasteiger partial charge is 0.462 e. The summed E-state index contributed by atoms with van der Waals surface area (Å²) in [5.74, 6) is -0.352. The number of esters is 2. The number of hydrogen-bond acceptors (Lipinski definition) is 5. The number of hydrogen-bond donors (Lipinski definition) is 0. The summed E-state index contributed by atoms with van der Waals surface area (Å²) in [4.78, 5) is 26.6. The number of nitrogens with zero attached hydrogens (tertiary/aromatic N) is 1. The van der Waals surface area contributed by atoms with Gasteiger partial charge in [0, 0.05) is 6.42 Å². The van der Waals surface area contributed by atoms with Gasteiger partial charge in [0.05, 0.1) is 5.92 Å². The van der Waals surface area contributed by atoms with Gasteiger partial charge in [-0.15, -0.1) is 0 Å². The fourth-order valence-corrected chi connectivity index (χ4v) is 3.90. The molecule has 0 spiro atoms. The lowest BCUT2D eigenvalue weighted by Crippen LogP contribution is -2.26. The second-order valence-electron chi connectivity index (χ2n) is 9.65. The molecule has 0 aliphatic carbocycles. The summed E-state index contributed by atoms with van der Waals surface area (Å²) < 4.78 is 10.9. The first kappa shape index (κ1) is 30.9. The lowest BCUT2D eigenvalue weighted by atomic mass is 9.94. The molecule has 0 heterocycles. The minimum absolute atomic E-state index is 0.0194. The van der Waals surface area contributed by atoms with Gasteiger partial charge in [0.15, 0.2) is 0 Å². The minimum atomic E-state index is -0.394. The van der Waals surface area contributed by atoms with Gasteiger partial charge in [-0.1, -0.05) is 90.9 Å². The predicted molar refractivity (Wildman–Crippen MR) is 134 cm³/mol. The van der Waals surface area contributed by atoms with Crippen molar-refractivity contribution in [1.82, 2.24) is 4.90 Å². The maximum absolute atomic E-state index is 12.7. The average Bonchev–Trinajstić information content (AvgIpc) is 2.74. The molecule has 0 radical (unpaired) electrons. The second kappa shape index (κ2) is 21.7. The summed E-state index contributed by atoms with van der Waals surface area (Å²) in [6.45, 7) is 7.24. The molecule has 190 valence electrons. The Morgan fingerprint density at radius 1 is 0.750 bits per heavy atom. The van der Waals surface area contributed by atoms with Crippen molar-refractivity contribution in [1.29, 1.82) is 0 Å². The highest BCUT2D eigenvalue weighted by molar-refractivity contribution is 5.72. The Kier molecular flexibility index (Phi) is 21.0. The number of carbonyl (C=O) groups excluding carboxylic acids is 2. The maximum Gasteiger partial charge on any atom is 0.309 e. The van der Waals surface area contributed by atoms with Crippen LogP contribution in [0.4, 0.5) is 0 Å². The molecule has 0 aliphatic heterocycles. The average molecular weight is 456 g/mol. The number of unbranched alkanes of at least 4 members (excludes halogenated alkanes) is 10. The molecule has 32 heavy (non-hydrogen) atoms. The van der Waals surface area contributed by atoms with Crippen molar-refractivity contribution in [3.8, 4) is 0 Å². The molecule has 0 amide bonds. The quantitative estimate of drug-likeness (QED) is 0.131. The number of carbonyl (C=O) groups is 2. The SMILES string of the molecule is CCCCCCCCCCCC(CCCCC)C(=O)OCC(C)OC(=O)CCCN(C)C. The van der Waals surface area contributed by atoms with Crippen LogP contribution in [0.5, 0.6) is 0 Å². The van der Waals surface area contributed by atoms with Gasteiger partial charge < -0.3 is 14.4 Å². The molecule has 0 aromatic heterocycles. The third-order valence-electron chi connectivity index (χ3n) is 5.92. The molecular weight excluding hydrogens is 402 g/mol. The Morgan fingerprint density at radius 2 is 1.25 bits per heavy atom. The molecule has 0 saturated carbocycles. The highest BCUT2D eigenvalue weighted by Crippen LogP contribution is 2.20. The van der Waals surface area contributed by atoms with Crippen molar-refractivity contribution in [2.75, 3.05) is 27.2 Å². The topological polar surface area (TPSA) is 55.8 Å². The van der Waals surface area contributed by atoms with Gasteiger partial charge in [0.25, 0.3) is 0 Å². The third-order valence-corrected chi connectivity index (χ3v) is 5.92. The van der Waals surface area contributed by atoms with Crippen LogP contribution in [0.2, 0.25) is 0 Å². The van der Waals surface area contributed by atoms with E-state index in [4.69, 9.17) is 9.47 Å². The molecule has 2 unspecified atom stereocenters. The van der Waals surface area contributed by atoms with Gasteiger partial charge in [0.1, 0.15) is 12.7 Å². The van der Waals surface area contributed by atoms with Crippen LogP contribution in [0.15, 0.2) is 0 Å². The lowest BCUT2D eigenvalue weighted by Gasteiger charge is -2.18. The summed E-state index contributed by atoms with van der Waals surface area (Å²) >= 11 is 0. The van der Waals surface area contributed by atoms with Gasteiger partial charge in [-0.05, 0) is 46.8 Å². The molecule has 0 aromatic carbocycles. The Bertz CT molecular complexity index is 453. The Morgan fingerprint density at radius 3 is 1.81 bits per heavy atom.